The normalized spacial score (nSPS) is 11.6. The molecule has 25 heavy (non-hydrogen) atoms. The Balaban J connectivity index is 2.02. The molecule has 0 spiro atoms. The van der Waals surface area contributed by atoms with Gasteiger partial charge < -0.3 is 5.32 Å². The zero-order valence-corrected chi connectivity index (χ0v) is 14.8. The van der Waals surface area contributed by atoms with Crippen molar-refractivity contribution in [3.05, 3.63) is 53.9 Å². The third-order valence-electron chi connectivity index (χ3n) is 3.74. The molecule has 0 aliphatic carbocycles. The molecule has 2 aromatic heterocycles. The number of azo groups is 1. The van der Waals surface area contributed by atoms with E-state index in [9.17, 15) is 4.79 Å². The molecule has 1 amide bonds. The lowest BCUT2D eigenvalue weighted by molar-refractivity contribution is -0.114. The fraction of sp³-hybridized carbons (Fsp3) is 0.263. The average molecular weight is 335 g/mol. The third-order valence-corrected chi connectivity index (χ3v) is 3.74. The van der Waals surface area contributed by atoms with Crippen molar-refractivity contribution in [1.82, 2.24) is 9.38 Å². The Kier molecular flexibility index (Phi) is 4.61. The van der Waals surface area contributed by atoms with Gasteiger partial charge in [-0.15, -0.1) is 10.2 Å². The zero-order valence-electron chi connectivity index (χ0n) is 14.8. The molecule has 2 heterocycles. The molecule has 0 fully saturated rings. The van der Waals surface area contributed by atoms with Crippen LogP contribution >= 0.6 is 0 Å². The van der Waals surface area contributed by atoms with Crippen LogP contribution in [-0.2, 0) is 4.79 Å². The van der Waals surface area contributed by atoms with Gasteiger partial charge in [-0.05, 0) is 42.7 Å². The maximum absolute atomic E-state index is 11.2. The van der Waals surface area contributed by atoms with E-state index < -0.39 is 0 Å². The van der Waals surface area contributed by atoms with E-state index in [1.165, 1.54) is 6.92 Å². The molecule has 0 saturated carbocycles. The van der Waals surface area contributed by atoms with Gasteiger partial charge in [0.15, 0.2) is 5.82 Å². The molecule has 6 heteroatoms. The number of pyridine rings is 1. The highest BCUT2D eigenvalue weighted by atomic mass is 16.1. The topological polar surface area (TPSA) is 71.1 Å². The van der Waals surface area contributed by atoms with Crippen molar-refractivity contribution in [2.24, 2.45) is 10.2 Å². The van der Waals surface area contributed by atoms with Crippen LogP contribution in [0.4, 0.5) is 17.2 Å². The molecular weight excluding hydrogens is 314 g/mol. The Hall–Kier alpha value is -3.02. The quantitative estimate of drug-likeness (QED) is 0.671. The number of hydrogen-bond donors (Lipinski definition) is 1. The molecule has 0 radical (unpaired) electrons. The van der Waals surface area contributed by atoms with Crippen LogP contribution in [0.5, 0.6) is 0 Å². The number of imidazole rings is 1. The molecule has 6 nitrogen and oxygen atoms in total. The minimum Gasteiger partial charge on any atom is -0.326 e. The maximum Gasteiger partial charge on any atom is 0.221 e. The first kappa shape index (κ1) is 16.8. The Morgan fingerprint density at radius 3 is 2.72 bits per heavy atom. The van der Waals surface area contributed by atoms with Gasteiger partial charge in [0.25, 0.3) is 0 Å². The van der Waals surface area contributed by atoms with Crippen molar-refractivity contribution in [2.75, 3.05) is 5.32 Å². The number of anilines is 1. The van der Waals surface area contributed by atoms with Gasteiger partial charge in [-0.1, -0.05) is 26.0 Å². The molecule has 3 aromatic rings. The number of rotatable bonds is 4. The summed E-state index contributed by atoms with van der Waals surface area (Å²) in [4.78, 5) is 15.9. The van der Waals surface area contributed by atoms with E-state index in [-0.39, 0.29) is 11.8 Å². The van der Waals surface area contributed by atoms with Gasteiger partial charge >= 0.3 is 0 Å². The van der Waals surface area contributed by atoms with E-state index in [4.69, 9.17) is 0 Å². The number of carbonyl (C=O) groups excluding carboxylic acids is 1. The van der Waals surface area contributed by atoms with E-state index in [0.717, 1.165) is 22.7 Å². The van der Waals surface area contributed by atoms with Crippen LogP contribution in [0, 0.1) is 6.92 Å². The number of nitrogens with one attached hydrogen (secondary N) is 1. The zero-order chi connectivity index (χ0) is 18.0. The molecule has 0 atom stereocenters. The van der Waals surface area contributed by atoms with Crippen LogP contribution in [0.25, 0.3) is 5.65 Å². The minimum absolute atomic E-state index is 0.117. The highest BCUT2D eigenvalue weighted by Gasteiger charge is 2.15. The third kappa shape index (κ3) is 3.74. The van der Waals surface area contributed by atoms with Gasteiger partial charge in [0.1, 0.15) is 5.65 Å². The second-order valence-electron chi connectivity index (χ2n) is 6.34. The SMILES string of the molecule is CC(=O)Nc1cccc(N=Nc2c(C(C)C)nc3ccc(C)cn23)c1. The van der Waals surface area contributed by atoms with Crippen LogP contribution in [0.3, 0.4) is 0 Å². The van der Waals surface area contributed by atoms with Crippen molar-refractivity contribution in [2.45, 2.75) is 33.6 Å². The number of benzene rings is 1. The summed E-state index contributed by atoms with van der Waals surface area (Å²) in [5.74, 6) is 0.854. The van der Waals surface area contributed by atoms with Crippen molar-refractivity contribution in [3.8, 4) is 0 Å². The Labute approximate surface area is 146 Å². The van der Waals surface area contributed by atoms with Gasteiger partial charge in [-0.3, -0.25) is 9.20 Å². The molecular formula is C19H21N5O. The first-order chi connectivity index (χ1) is 11.9. The fourth-order valence-electron chi connectivity index (χ4n) is 2.60. The molecule has 0 bridgehead atoms. The van der Waals surface area contributed by atoms with E-state index in [0.29, 0.717) is 11.4 Å². The molecule has 0 aliphatic rings. The van der Waals surface area contributed by atoms with Gasteiger partial charge in [0, 0.05) is 18.8 Å². The van der Waals surface area contributed by atoms with Crippen LogP contribution in [-0.4, -0.2) is 15.3 Å². The molecule has 0 unspecified atom stereocenters. The Morgan fingerprint density at radius 1 is 1.20 bits per heavy atom. The first-order valence-corrected chi connectivity index (χ1v) is 8.22. The summed E-state index contributed by atoms with van der Waals surface area (Å²) in [5.41, 5.74) is 4.26. The lowest BCUT2D eigenvalue weighted by Crippen LogP contribution is -2.04. The van der Waals surface area contributed by atoms with Crippen LogP contribution < -0.4 is 5.32 Å². The minimum atomic E-state index is -0.117. The Bertz CT molecular complexity index is 956. The smallest absolute Gasteiger partial charge is 0.221 e. The molecule has 0 saturated heterocycles. The van der Waals surface area contributed by atoms with Gasteiger partial charge in [0.2, 0.25) is 5.91 Å². The van der Waals surface area contributed by atoms with E-state index >= 15 is 0 Å². The number of carbonyl (C=O) groups is 1. The van der Waals surface area contributed by atoms with Gasteiger partial charge in [0.05, 0.1) is 11.4 Å². The molecule has 3 rings (SSSR count). The number of amides is 1. The van der Waals surface area contributed by atoms with Crippen LogP contribution in [0.15, 0.2) is 52.8 Å². The highest BCUT2D eigenvalue weighted by molar-refractivity contribution is 5.89. The number of aromatic nitrogens is 2. The summed E-state index contributed by atoms with van der Waals surface area (Å²) in [5, 5.41) is 11.6. The van der Waals surface area contributed by atoms with Crippen LogP contribution in [0.1, 0.15) is 37.9 Å². The second kappa shape index (κ2) is 6.84. The molecule has 1 aromatic carbocycles. The predicted molar refractivity (Wildman–Crippen MR) is 98.9 cm³/mol. The van der Waals surface area contributed by atoms with E-state index in [1.807, 2.05) is 47.9 Å². The van der Waals surface area contributed by atoms with Crippen molar-refractivity contribution in [3.63, 3.8) is 0 Å². The second-order valence-corrected chi connectivity index (χ2v) is 6.34. The monoisotopic (exact) mass is 335 g/mol. The lowest BCUT2D eigenvalue weighted by Gasteiger charge is -2.03. The molecule has 1 N–H and O–H groups in total. The summed E-state index contributed by atoms with van der Waals surface area (Å²) < 4.78 is 1.96. The predicted octanol–water partition coefficient (Wildman–Crippen LogP) is 5.14. The largest absolute Gasteiger partial charge is 0.326 e. The summed E-state index contributed by atoms with van der Waals surface area (Å²) in [6.07, 6.45) is 2.01. The number of nitrogens with zero attached hydrogens (tertiary/aromatic N) is 4. The van der Waals surface area contributed by atoms with Crippen LogP contribution in [0.2, 0.25) is 0 Å². The Morgan fingerprint density at radius 2 is 2.00 bits per heavy atom. The summed E-state index contributed by atoms with van der Waals surface area (Å²) in [6.45, 7) is 7.69. The van der Waals surface area contributed by atoms with E-state index in [1.54, 1.807) is 6.07 Å². The van der Waals surface area contributed by atoms with Crippen molar-refractivity contribution < 1.29 is 4.79 Å². The molecule has 128 valence electrons. The fourth-order valence-corrected chi connectivity index (χ4v) is 2.60. The number of hydrogen-bond acceptors (Lipinski definition) is 4. The van der Waals surface area contributed by atoms with Crippen molar-refractivity contribution in [1.29, 1.82) is 0 Å². The summed E-state index contributed by atoms with van der Waals surface area (Å²) in [7, 11) is 0. The summed E-state index contributed by atoms with van der Waals surface area (Å²) >= 11 is 0. The van der Waals surface area contributed by atoms with E-state index in [2.05, 4.69) is 34.4 Å². The standard InChI is InChI=1S/C19H21N5O/c1-12(2)18-19(24-11-13(3)8-9-17(24)21-18)23-22-16-7-5-6-15(10-16)20-14(4)25/h5-12H,1-4H3,(H,20,25). The highest BCUT2D eigenvalue weighted by Crippen LogP contribution is 2.30. The molecule has 0 aliphatic heterocycles. The van der Waals surface area contributed by atoms with Gasteiger partial charge in [-0.2, -0.15) is 0 Å². The maximum atomic E-state index is 11.2. The lowest BCUT2D eigenvalue weighted by atomic mass is 10.1. The summed E-state index contributed by atoms with van der Waals surface area (Å²) in [6, 6.07) is 11.3. The number of fused-ring (bicyclic) bond motifs is 1. The first-order valence-electron chi connectivity index (χ1n) is 8.22. The number of aryl methyl sites for hydroxylation is 1. The van der Waals surface area contributed by atoms with Gasteiger partial charge in [-0.25, -0.2) is 4.98 Å². The van der Waals surface area contributed by atoms with Crippen molar-refractivity contribution >= 4 is 28.7 Å². The average Bonchev–Trinajstić information content (AvgIpc) is 2.91.